The van der Waals surface area contributed by atoms with Crippen LogP contribution in [0, 0.1) is 15.9 Å². The molecule has 0 aliphatic rings. The minimum Gasteiger partial charge on any atom is -0.484 e. The molecule has 1 amide bonds. The van der Waals surface area contributed by atoms with Crippen LogP contribution in [0.1, 0.15) is 5.56 Å². The van der Waals surface area contributed by atoms with Crippen molar-refractivity contribution in [1.29, 1.82) is 0 Å². The summed E-state index contributed by atoms with van der Waals surface area (Å²) in [5, 5.41) is 10.9. The van der Waals surface area contributed by atoms with Gasteiger partial charge in [-0.2, -0.15) is 0 Å². The van der Waals surface area contributed by atoms with Crippen LogP contribution in [0.25, 0.3) is 0 Å². The average Bonchev–Trinajstić information content (AvgIpc) is 2.56. The largest absolute Gasteiger partial charge is 0.484 e. The molecular formula is C16H14ClFN2O4. The molecule has 0 saturated carbocycles. The SMILES string of the molecule is CN(Cc1c(F)cccc1Cl)C(=O)COc1cccc([N+](=O)[O-])c1. The van der Waals surface area contributed by atoms with Crippen molar-refractivity contribution in [3.8, 4) is 5.75 Å². The van der Waals surface area contributed by atoms with Gasteiger partial charge in [0.2, 0.25) is 0 Å². The van der Waals surface area contributed by atoms with Crippen LogP contribution in [0.2, 0.25) is 5.02 Å². The number of ether oxygens (including phenoxy) is 1. The van der Waals surface area contributed by atoms with Crippen molar-refractivity contribution in [2.45, 2.75) is 6.54 Å². The van der Waals surface area contributed by atoms with E-state index in [0.717, 1.165) is 0 Å². The number of likely N-dealkylation sites (N-methyl/N-ethyl adjacent to an activating group) is 1. The minimum atomic E-state index is -0.555. The lowest BCUT2D eigenvalue weighted by Gasteiger charge is -2.18. The van der Waals surface area contributed by atoms with Gasteiger partial charge in [0.15, 0.2) is 6.61 Å². The van der Waals surface area contributed by atoms with Gasteiger partial charge in [0.05, 0.1) is 11.0 Å². The van der Waals surface area contributed by atoms with E-state index in [1.807, 2.05) is 0 Å². The summed E-state index contributed by atoms with van der Waals surface area (Å²) in [5.41, 5.74) is 0.0804. The molecule has 0 bridgehead atoms. The maximum absolute atomic E-state index is 13.7. The third-order valence-corrected chi connectivity index (χ3v) is 3.63. The van der Waals surface area contributed by atoms with Crippen LogP contribution in [0.3, 0.4) is 0 Å². The van der Waals surface area contributed by atoms with E-state index in [9.17, 15) is 19.3 Å². The third-order valence-electron chi connectivity index (χ3n) is 3.27. The average molecular weight is 353 g/mol. The Bertz CT molecular complexity index is 749. The number of hydrogen-bond acceptors (Lipinski definition) is 4. The molecule has 126 valence electrons. The van der Waals surface area contributed by atoms with E-state index in [4.69, 9.17) is 16.3 Å². The molecular weight excluding hydrogens is 339 g/mol. The van der Waals surface area contributed by atoms with Crippen LogP contribution in [0.4, 0.5) is 10.1 Å². The van der Waals surface area contributed by atoms with Gasteiger partial charge in [-0.3, -0.25) is 14.9 Å². The maximum atomic E-state index is 13.7. The molecule has 0 heterocycles. The number of hydrogen-bond donors (Lipinski definition) is 0. The fourth-order valence-corrected chi connectivity index (χ4v) is 2.17. The lowest BCUT2D eigenvalue weighted by molar-refractivity contribution is -0.384. The van der Waals surface area contributed by atoms with E-state index < -0.39 is 16.6 Å². The van der Waals surface area contributed by atoms with Gasteiger partial charge in [0.25, 0.3) is 11.6 Å². The van der Waals surface area contributed by atoms with Gasteiger partial charge >= 0.3 is 0 Å². The maximum Gasteiger partial charge on any atom is 0.273 e. The molecule has 0 spiro atoms. The summed E-state index contributed by atoms with van der Waals surface area (Å²) in [7, 11) is 1.49. The zero-order valence-corrected chi connectivity index (χ0v) is 13.5. The third kappa shape index (κ3) is 4.42. The summed E-state index contributed by atoms with van der Waals surface area (Å²) >= 11 is 5.93. The molecule has 2 aromatic carbocycles. The predicted octanol–water partition coefficient (Wildman–Crippen LogP) is 3.42. The van der Waals surface area contributed by atoms with Crippen molar-refractivity contribution < 1.29 is 18.8 Å². The number of amides is 1. The molecule has 0 fully saturated rings. The van der Waals surface area contributed by atoms with E-state index >= 15 is 0 Å². The summed E-state index contributed by atoms with van der Waals surface area (Å²) in [6.07, 6.45) is 0. The number of carbonyl (C=O) groups is 1. The van der Waals surface area contributed by atoms with Crippen LogP contribution >= 0.6 is 11.6 Å². The Hall–Kier alpha value is -2.67. The van der Waals surface area contributed by atoms with Gasteiger partial charge in [-0.25, -0.2) is 4.39 Å². The summed E-state index contributed by atoms with van der Waals surface area (Å²) in [5.74, 6) is -0.711. The Morgan fingerprint density at radius 2 is 2.04 bits per heavy atom. The van der Waals surface area contributed by atoms with Crippen molar-refractivity contribution in [2.24, 2.45) is 0 Å². The molecule has 0 unspecified atom stereocenters. The van der Waals surface area contributed by atoms with E-state index in [1.54, 1.807) is 0 Å². The first-order valence-electron chi connectivity index (χ1n) is 6.92. The van der Waals surface area contributed by atoms with Crippen LogP contribution < -0.4 is 4.74 Å². The number of benzene rings is 2. The van der Waals surface area contributed by atoms with Crippen molar-refractivity contribution in [3.63, 3.8) is 0 Å². The Kier molecular flexibility index (Phi) is 5.70. The van der Waals surface area contributed by atoms with E-state index in [1.165, 1.54) is 54.4 Å². The lowest BCUT2D eigenvalue weighted by Crippen LogP contribution is -2.31. The highest BCUT2D eigenvalue weighted by atomic mass is 35.5. The second-order valence-corrected chi connectivity index (χ2v) is 5.40. The zero-order chi connectivity index (χ0) is 17.7. The first kappa shape index (κ1) is 17.7. The molecule has 0 N–H and O–H groups in total. The highest BCUT2D eigenvalue weighted by molar-refractivity contribution is 6.31. The molecule has 2 aromatic rings. The van der Waals surface area contributed by atoms with Crippen LogP contribution in [-0.2, 0) is 11.3 Å². The highest BCUT2D eigenvalue weighted by Gasteiger charge is 2.15. The van der Waals surface area contributed by atoms with E-state index in [0.29, 0.717) is 0 Å². The molecule has 0 atom stereocenters. The quantitative estimate of drug-likeness (QED) is 0.589. The molecule has 0 aliphatic carbocycles. The second-order valence-electron chi connectivity index (χ2n) is 4.99. The normalized spacial score (nSPS) is 10.3. The molecule has 0 radical (unpaired) electrons. The number of halogens is 2. The molecule has 24 heavy (non-hydrogen) atoms. The Morgan fingerprint density at radius 3 is 2.71 bits per heavy atom. The van der Waals surface area contributed by atoms with Crippen LogP contribution in [0.15, 0.2) is 42.5 Å². The smallest absolute Gasteiger partial charge is 0.273 e. The number of rotatable bonds is 6. The fourth-order valence-electron chi connectivity index (χ4n) is 1.95. The monoisotopic (exact) mass is 352 g/mol. The number of nitro benzene ring substituents is 1. The highest BCUT2D eigenvalue weighted by Crippen LogP contribution is 2.21. The standard InChI is InChI=1S/C16H14ClFN2O4/c1-19(9-13-14(17)6-3-7-15(13)18)16(21)10-24-12-5-2-4-11(8-12)20(22)23/h2-8H,9-10H2,1H3. The van der Waals surface area contributed by atoms with Crippen molar-refractivity contribution >= 4 is 23.2 Å². The molecule has 0 aromatic heterocycles. The molecule has 8 heteroatoms. The lowest BCUT2D eigenvalue weighted by atomic mass is 10.2. The molecule has 2 rings (SSSR count). The first-order chi connectivity index (χ1) is 11.4. The molecule has 0 aliphatic heterocycles. The summed E-state index contributed by atoms with van der Waals surface area (Å²) < 4.78 is 19.0. The van der Waals surface area contributed by atoms with Crippen molar-refractivity contribution in [2.75, 3.05) is 13.7 Å². The molecule has 6 nitrogen and oxygen atoms in total. The number of nitro groups is 1. The predicted molar refractivity (Wildman–Crippen MR) is 86.5 cm³/mol. The van der Waals surface area contributed by atoms with Gasteiger partial charge in [-0.15, -0.1) is 0 Å². The van der Waals surface area contributed by atoms with E-state index in [2.05, 4.69) is 0 Å². The fraction of sp³-hybridized carbons (Fsp3) is 0.188. The Labute approximate surface area is 142 Å². The summed E-state index contributed by atoms with van der Waals surface area (Å²) in [6, 6.07) is 9.79. The van der Waals surface area contributed by atoms with Crippen LogP contribution in [0.5, 0.6) is 5.75 Å². The zero-order valence-electron chi connectivity index (χ0n) is 12.7. The van der Waals surface area contributed by atoms with Gasteiger partial charge in [0.1, 0.15) is 11.6 Å². The van der Waals surface area contributed by atoms with Gasteiger partial charge in [0, 0.05) is 30.2 Å². The van der Waals surface area contributed by atoms with Crippen molar-refractivity contribution in [1.82, 2.24) is 4.90 Å². The summed E-state index contributed by atoms with van der Waals surface area (Å²) in [6.45, 7) is -0.341. The van der Waals surface area contributed by atoms with Gasteiger partial charge < -0.3 is 9.64 Å². The Morgan fingerprint density at radius 1 is 1.33 bits per heavy atom. The van der Waals surface area contributed by atoms with Gasteiger partial charge in [-0.1, -0.05) is 23.7 Å². The second kappa shape index (κ2) is 7.74. The molecule has 0 saturated heterocycles. The van der Waals surface area contributed by atoms with E-state index in [-0.39, 0.29) is 35.2 Å². The minimum absolute atomic E-state index is 0.0113. The summed E-state index contributed by atoms with van der Waals surface area (Å²) in [4.78, 5) is 23.5. The number of carbonyl (C=O) groups excluding carboxylic acids is 1. The van der Waals surface area contributed by atoms with Gasteiger partial charge in [-0.05, 0) is 18.2 Å². The Balaban J connectivity index is 1.97. The van der Waals surface area contributed by atoms with Crippen LogP contribution in [-0.4, -0.2) is 29.4 Å². The first-order valence-corrected chi connectivity index (χ1v) is 7.30. The number of non-ortho nitro benzene ring substituents is 1. The topological polar surface area (TPSA) is 72.7 Å². The van der Waals surface area contributed by atoms with Crippen molar-refractivity contribution in [3.05, 3.63) is 69.0 Å². The number of nitrogens with zero attached hydrogens (tertiary/aromatic N) is 2.